The number of urea groups is 1. The van der Waals surface area contributed by atoms with Crippen molar-refractivity contribution in [3.63, 3.8) is 0 Å². The van der Waals surface area contributed by atoms with Crippen LogP contribution in [0.1, 0.15) is 15.2 Å². The Morgan fingerprint density at radius 2 is 1.92 bits per heavy atom. The van der Waals surface area contributed by atoms with Gasteiger partial charge >= 0.3 is 12.0 Å². The Hall–Kier alpha value is -2.74. The molecule has 0 radical (unpaired) electrons. The fourth-order valence-electron chi connectivity index (χ4n) is 1.80. The zero-order valence-corrected chi connectivity index (χ0v) is 13.4. The van der Waals surface area contributed by atoms with Gasteiger partial charge in [-0.2, -0.15) is 0 Å². The molecule has 0 aliphatic rings. The number of carbonyl (C=O) groups excluding carboxylic acids is 3. The average Bonchev–Trinajstić information content (AvgIpc) is 3.06. The fourth-order valence-corrected chi connectivity index (χ4v) is 2.51. The lowest BCUT2D eigenvalue weighted by molar-refractivity contribution is -0.123. The molecule has 8 heteroatoms. The van der Waals surface area contributed by atoms with E-state index in [1.165, 1.54) is 18.2 Å². The van der Waals surface area contributed by atoms with E-state index < -0.39 is 30.3 Å². The van der Waals surface area contributed by atoms with Gasteiger partial charge in [-0.3, -0.25) is 10.1 Å². The monoisotopic (exact) mass is 350 g/mol. The summed E-state index contributed by atoms with van der Waals surface area (Å²) < 4.78 is 18.0. The third-order valence-corrected chi connectivity index (χ3v) is 3.85. The van der Waals surface area contributed by atoms with Crippen molar-refractivity contribution in [3.8, 4) is 0 Å². The van der Waals surface area contributed by atoms with Crippen LogP contribution in [0.5, 0.6) is 0 Å². The molecule has 126 valence electrons. The summed E-state index contributed by atoms with van der Waals surface area (Å²) >= 11 is 1.57. The van der Waals surface area contributed by atoms with Gasteiger partial charge in [0.15, 0.2) is 6.61 Å². The number of hydrogen-bond acceptors (Lipinski definition) is 5. The maximum atomic E-state index is 13.4. The minimum Gasteiger partial charge on any atom is -0.452 e. The van der Waals surface area contributed by atoms with Crippen molar-refractivity contribution in [2.75, 3.05) is 13.2 Å². The highest BCUT2D eigenvalue weighted by molar-refractivity contribution is 7.09. The summed E-state index contributed by atoms with van der Waals surface area (Å²) in [5, 5.41) is 6.47. The molecule has 3 amide bonds. The lowest BCUT2D eigenvalue weighted by Crippen LogP contribution is -2.42. The van der Waals surface area contributed by atoms with E-state index in [9.17, 15) is 18.8 Å². The molecular weight excluding hydrogens is 335 g/mol. The molecule has 0 saturated carbocycles. The number of thiophene rings is 1. The minimum absolute atomic E-state index is 0.273. The van der Waals surface area contributed by atoms with Crippen LogP contribution < -0.4 is 10.6 Å². The van der Waals surface area contributed by atoms with Gasteiger partial charge in [0.2, 0.25) is 0 Å². The molecule has 0 atom stereocenters. The topological polar surface area (TPSA) is 84.5 Å². The summed E-state index contributed by atoms with van der Waals surface area (Å²) in [6.45, 7) is -0.305. The molecule has 0 fully saturated rings. The van der Waals surface area contributed by atoms with Crippen molar-refractivity contribution in [1.82, 2.24) is 10.6 Å². The van der Waals surface area contributed by atoms with E-state index in [4.69, 9.17) is 0 Å². The molecule has 6 nitrogen and oxygen atoms in total. The molecule has 2 rings (SSSR count). The number of rotatable bonds is 6. The first-order chi connectivity index (χ1) is 11.6. The quantitative estimate of drug-likeness (QED) is 0.782. The normalized spacial score (nSPS) is 10.0. The Balaban J connectivity index is 1.68. The molecule has 0 bridgehead atoms. The van der Waals surface area contributed by atoms with Crippen molar-refractivity contribution < 1.29 is 23.5 Å². The van der Waals surface area contributed by atoms with Crippen molar-refractivity contribution >= 4 is 29.2 Å². The summed E-state index contributed by atoms with van der Waals surface area (Å²) in [5.41, 5.74) is -0.273. The van der Waals surface area contributed by atoms with Crippen molar-refractivity contribution in [3.05, 3.63) is 58.0 Å². The number of carbonyl (C=O) groups is 3. The lowest BCUT2D eigenvalue weighted by atomic mass is 10.2. The standard InChI is InChI=1S/C16H15FN2O4S/c17-13-6-2-1-5-12(13)15(21)23-10-14(20)19-16(22)18-8-7-11-4-3-9-24-11/h1-6,9H,7-8,10H2,(H2,18,19,20,22). The van der Waals surface area contributed by atoms with E-state index in [1.807, 2.05) is 22.8 Å². The zero-order chi connectivity index (χ0) is 17.4. The zero-order valence-electron chi connectivity index (χ0n) is 12.6. The van der Waals surface area contributed by atoms with Gasteiger partial charge in [0.25, 0.3) is 5.91 Å². The number of nitrogens with one attached hydrogen (secondary N) is 2. The fraction of sp³-hybridized carbons (Fsp3) is 0.188. The predicted molar refractivity (Wildman–Crippen MR) is 86.2 cm³/mol. The SMILES string of the molecule is O=C(COC(=O)c1ccccc1F)NC(=O)NCCc1cccs1. The number of halogens is 1. The van der Waals surface area contributed by atoms with Crippen LogP contribution in [0.25, 0.3) is 0 Å². The molecule has 2 N–H and O–H groups in total. The predicted octanol–water partition coefficient (Wildman–Crippen LogP) is 2.11. The molecule has 1 aromatic carbocycles. The number of imide groups is 1. The van der Waals surface area contributed by atoms with E-state index >= 15 is 0 Å². The third kappa shape index (κ3) is 5.47. The Bertz CT molecular complexity index is 719. The number of amides is 3. The first-order valence-electron chi connectivity index (χ1n) is 7.08. The first kappa shape index (κ1) is 17.6. The highest BCUT2D eigenvalue weighted by atomic mass is 32.1. The summed E-state index contributed by atoms with van der Waals surface area (Å²) in [6, 6.07) is 8.42. The molecule has 0 unspecified atom stereocenters. The van der Waals surface area contributed by atoms with Gasteiger partial charge in [-0.1, -0.05) is 18.2 Å². The van der Waals surface area contributed by atoms with E-state index in [2.05, 4.69) is 10.1 Å². The van der Waals surface area contributed by atoms with Gasteiger partial charge in [-0.25, -0.2) is 14.0 Å². The Morgan fingerprint density at radius 3 is 2.62 bits per heavy atom. The molecule has 0 saturated heterocycles. The maximum Gasteiger partial charge on any atom is 0.341 e. The first-order valence-corrected chi connectivity index (χ1v) is 7.96. The van der Waals surface area contributed by atoms with E-state index in [1.54, 1.807) is 11.3 Å². The van der Waals surface area contributed by atoms with Crippen LogP contribution in [-0.2, 0) is 16.0 Å². The van der Waals surface area contributed by atoms with Crippen molar-refractivity contribution in [2.45, 2.75) is 6.42 Å². The van der Waals surface area contributed by atoms with Crippen LogP contribution in [0.15, 0.2) is 41.8 Å². The van der Waals surface area contributed by atoms with Gasteiger partial charge in [-0.05, 0) is 30.0 Å². The average molecular weight is 350 g/mol. The van der Waals surface area contributed by atoms with Gasteiger partial charge in [0, 0.05) is 11.4 Å². The maximum absolute atomic E-state index is 13.4. The van der Waals surface area contributed by atoms with Crippen LogP contribution >= 0.6 is 11.3 Å². The third-order valence-electron chi connectivity index (χ3n) is 2.92. The van der Waals surface area contributed by atoms with Gasteiger partial charge < -0.3 is 10.1 Å². The second-order valence-electron chi connectivity index (χ2n) is 4.69. The highest BCUT2D eigenvalue weighted by Gasteiger charge is 2.15. The number of ether oxygens (including phenoxy) is 1. The van der Waals surface area contributed by atoms with Crippen LogP contribution in [0, 0.1) is 5.82 Å². The molecule has 0 aliphatic heterocycles. The van der Waals surface area contributed by atoms with Crippen LogP contribution in [-0.4, -0.2) is 31.1 Å². The van der Waals surface area contributed by atoms with Gasteiger partial charge in [0.1, 0.15) is 5.82 Å². The number of benzene rings is 1. The molecule has 24 heavy (non-hydrogen) atoms. The Labute approximate surface area is 141 Å². The smallest absolute Gasteiger partial charge is 0.341 e. The summed E-state index contributed by atoms with van der Waals surface area (Å²) in [5.74, 6) is -2.51. The van der Waals surface area contributed by atoms with E-state index in [-0.39, 0.29) is 5.56 Å². The Morgan fingerprint density at radius 1 is 1.12 bits per heavy atom. The van der Waals surface area contributed by atoms with Crippen LogP contribution in [0.4, 0.5) is 9.18 Å². The number of esters is 1. The molecule has 0 aliphatic carbocycles. The molecule has 2 aromatic rings. The summed E-state index contributed by atoms with van der Waals surface area (Å²) in [6.07, 6.45) is 0.654. The van der Waals surface area contributed by atoms with Crippen LogP contribution in [0.3, 0.4) is 0 Å². The highest BCUT2D eigenvalue weighted by Crippen LogP contribution is 2.08. The van der Waals surface area contributed by atoms with E-state index in [0.29, 0.717) is 13.0 Å². The summed E-state index contributed by atoms with van der Waals surface area (Å²) in [4.78, 5) is 35.8. The number of hydrogen-bond donors (Lipinski definition) is 2. The van der Waals surface area contributed by atoms with Gasteiger partial charge in [-0.15, -0.1) is 11.3 Å². The Kier molecular flexibility index (Phi) is 6.44. The van der Waals surface area contributed by atoms with E-state index in [0.717, 1.165) is 10.9 Å². The second-order valence-corrected chi connectivity index (χ2v) is 5.72. The van der Waals surface area contributed by atoms with Gasteiger partial charge in [0.05, 0.1) is 5.56 Å². The van der Waals surface area contributed by atoms with Crippen LogP contribution in [0.2, 0.25) is 0 Å². The largest absolute Gasteiger partial charge is 0.452 e. The summed E-state index contributed by atoms with van der Waals surface area (Å²) in [7, 11) is 0. The molecule has 1 heterocycles. The molecule has 1 aromatic heterocycles. The lowest BCUT2D eigenvalue weighted by Gasteiger charge is -2.07. The minimum atomic E-state index is -0.971. The molecule has 0 spiro atoms. The molecular formula is C16H15FN2O4S. The van der Waals surface area contributed by atoms with Crippen molar-refractivity contribution in [2.24, 2.45) is 0 Å². The van der Waals surface area contributed by atoms with Crippen molar-refractivity contribution in [1.29, 1.82) is 0 Å². The second kappa shape index (κ2) is 8.78.